The zero-order valence-electron chi connectivity index (χ0n) is 7.54. The van der Waals surface area contributed by atoms with E-state index in [4.69, 9.17) is 0 Å². The highest BCUT2D eigenvalue weighted by Gasteiger charge is 2.22. The molecule has 0 fully saturated rings. The van der Waals surface area contributed by atoms with E-state index in [0.717, 1.165) is 6.42 Å². The number of benzene rings is 1. The Morgan fingerprint density at radius 2 is 2.08 bits per heavy atom. The molecule has 1 nitrogen and oxygen atoms in total. The Bertz CT molecular complexity index is 326. The summed E-state index contributed by atoms with van der Waals surface area (Å²) >= 11 is 0. The molecule has 1 heteroatoms. The number of fused-ring (bicyclic) bond motifs is 1. The van der Waals surface area contributed by atoms with Crippen LogP contribution in [0.1, 0.15) is 30.4 Å². The summed E-state index contributed by atoms with van der Waals surface area (Å²) in [5.41, 5.74) is 4.07. The van der Waals surface area contributed by atoms with Gasteiger partial charge in [0.05, 0.1) is 0 Å². The fourth-order valence-electron chi connectivity index (χ4n) is 1.91. The highest BCUT2D eigenvalue weighted by atomic mass is 14.7. The number of hydrogen-bond acceptors (Lipinski definition) is 1. The van der Waals surface area contributed by atoms with Gasteiger partial charge in [0, 0.05) is 12.8 Å². The summed E-state index contributed by atoms with van der Waals surface area (Å²) < 4.78 is 0. The Morgan fingerprint density at radius 3 is 2.83 bits per heavy atom. The number of nitrogens with zero attached hydrogens (tertiary/aromatic N) is 1. The van der Waals surface area contributed by atoms with Crippen LogP contribution >= 0.6 is 0 Å². The molecular weight excluding hydrogens is 146 g/mol. The van der Waals surface area contributed by atoms with E-state index >= 15 is 0 Å². The van der Waals surface area contributed by atoms with Crippen molar-refractivity contribution in [3.63, 3.8) is 0 Å². The Kier molecular flexibility index (Phi) is 1.72. The molecule has 0 aliphatic heterocycles. The second-order valence-corrected chi connectivity index (χ2v) is 3.36. The van der Waals surface area contributed by atoms with Crippen molar-refractivity contribution in [1.82, 2.24) is 0 Å². The monoisotopic (exact) mass is 159 g/mol. The molecule has 0 amide bonds. The molecule has 0 N–H and O–H groups in total. The molecule has 0 radical (unpaired) electrons. The Balaban J connectivity index is 2.57. The standard InChI is InChI=1S/C11H13N/c1-8-7-11(12-2)10-6-4-3-5-9(8)10/h3-6,8H,7H2,1-2H3. The average Bonchev–Trinajstić information content (AvgIpc) is 2.44. The molecule has 0 aromatic heterocycles. The zero-order chi connectivity index (χ0) is 8.55. The van der Waals surface area contributed by atoms with Gasteiger partial charge in [0.2, 0.25) is 0 Å². The first-order valence-electron chi connectivity index (χ1n) is 4.38. The number of rotatable bonds is 0. The molecule has 1 unspecified atom stereocenters. The van der Waals surface area contributed by atoms with Crippen LogP contribution in [0.4, 0.5) is 0 Å². The first-order chi connectivity index (χ1) is 5.83. The fourth-order valence-corrected chi connectivity index (χ4v) is 1.91. The van der Waals surface area contributed by atoms with Crippen molar-refractivity contribution in [2.45, 2.75) is 19.3 Å². The van der Waals surface area contributed by atoms with Gasteiger partial charge in [0.15, 0.2) is 0 Å². The summed E-state index contributed by atoms with van der Waals surface area (Å²) in [6, 6.07) is 8.56. The van der Waals surface area contributed by atoms with Crippen LogP contribution < -0.4 is 0 Å². The average molecular weight is 159 g/mol. The molecule has 1 atom stereocenters. The molecule has 62 valence electrons. The summed E-state index contributed by atoms with van der Waals surface area (Å²) in [4.78, 5) is 4.30. The second-order valence-electron chi connectivity index (χ2n) is 3.36. The smallest absolute Gasteiger partial charge is 0.0425 e. The van der Waals surface area contributed by atoms with Gasteiger partial charge in [0.1, 0.15) is 0 Å². The van der Waals surface area contributed by atoms with Gasteiger partial charge in [-0.25, -0.2) is 0 Å². The van der Waals surface area contributed by atoms with Gasteiger partial charge in [-0.05, 0) is 23.5 Å². The molecule has 0 saturated heterocycles. The van der Waals surface area contributed by atoms with E-state index in [0.29, 0.717) is 5.92 Å². The van der Waals surface area contributed by atoms with Gasteiger partial charge in [-0.2, -0.15) is 0 Å². The Labute approximate surface area is 73.1 Å². The first kappa shape index (κ1) is 7.53. The third kappa shape index (κ3) is 0.970. The number of hydrogen-bond donors (Lipinski definition) is 0. The van der Waals surface area contributed by atoms with Gasteiger partial charge in [0.25, 0.3) is 0 Å². The van der Waals surface area contributed by atoms with Crippen molar-refractivity contribution in [1.29, 1.82) is 0 Å². The van der Waals surface area contributed by atoms with E-state index in [1.807, 2.05) is 7.05 Å². The Hall–Kier alpha value is -1.11. The van der Waals surface area contributed by atoms with Gasteiger partial charge < -0.3 is 0 Å². The topological polar surface area (TPSA) is 12.4 Å². The van der Waals surface area contributed by atoms with E-state index in [9.17, 15) is 0 Å². The quantitative estimate of drug-likeness (QED) is 0.551. The molecule has 0 saturated carbocycles. The van der Waals surface area contributed by atoms with Gasteiger partial charge in [-0.3, -0.25) is 4.99 Å². The van der Waals surface area contributed by atoms with Crippen molar-refractivity contribution in [2.75, 3.05) is 7.05 Å². The maximum absolute atomic E-state index is 4.30. The minimum Gasteiger partial charge on any atom is -0.292 e. The van der Waals surface area contributed by atoms with Crippen molar-refractivity contribution < 1.29 is 0 Å². The first-order valence-corrected chi connectivity index (χ1v) is 4.38. The lowest BCUT2D eigenvalue weighted by molar-refractivity contribution is 0.835. The second kappa shape index (κ2) is 2.74. The summed E-state index contributed by atoms with van der Waals surface area (Å²) in [6.07, 6.45) is 1.11. The van der Waals surface area contributed by atoms with E-state index in [-0.39, 0.29) is 0 Å². The fraction of sp³-hybridized carbons (Fsp3) is 0.364. The maximum Gasteiger partial charge on any atom is 0.0425 e. The van der Waals surface area contributed by atoms with Crippen molar-refractivity contribution >= 4 is 5.71 Å². The predicted molar refractivity (Wildman–Crippen MR) is 51.9 cm³/mol. The largest absolute Gasteiger partial charge is 0.292 e. The van der Waals surface area contributed by atoms with E-state index < -0.39 is 0 Å². The lowest BCUT2D eigenvalue weighted by Crippen LogP contribution is -1.92. The molecule has 0 spiro atoms. The molecular formula is C11H13N. The molecule has 2 rings (SSSR count). The minimum absolute atomic E-state index is 0.653. The van der Waals surface area contributed by atoms with Crippen LogP contribution in [0.2, 0.25) is 0 Å². The normalized spacial score (nSPS) is 24.5. The molecule has 0 bridgehead atoms. The highest BCUT2D eigenvalue weighted by Crippen LogP contribution is 2.32. The molecule has 1 aliphatic carbocycles. The molecule has 1 aromatic rings. The van der Waals surface area contributed by atoms with Crippen LogP contribution in [0.3, 0.4) is 0 Å². The van der Waals surface area contributed by atoms with Crippen LogP contribution in [0.15, 0.2) is 29.3 Å². The van der Waals surface area contributed by atoms with Crippen molar-refractivity contribution in [3.05, 3.63) is 35.4 Å². The van der Waals surface area contributed by atoms with E-state index in [1.54, 1.807) is 0 Å². The van der Waals surface area contributed by atoms with E-state index in [2.05, 4.69) is 36.2 Å². The minimum atomic E-state index is 0.653. The molecule has 1 aliphatic rings. The third-order valence-corrected chi connectivity index (χ3v) is 2.57. The van der Waals surface area contributed by atoms with Crippen LogP contribution in [-0.4, -0.2) is 12.8 Å². The van der Waals surface area contributed by atoms with Gasteiger partial charge in [-0.1, -0.05) is 31.2 Å². The number of aliphatic imine (C=N–C) groups is 1. The Morgan fingerprint density at radius 1 is 1.33 bits per heavy atom. The molecule has 1 aromatic carbocycles. The molecule has 12 heavy (non-hydrogen) atoms. The van der Waals surface area contributed by atoms with Crippen LogP contribution in [0, 0.1) is 0 Å². The van der Waals surface area contributed by atoms with Crippen LogP contribution in [-0.2, 0) is 0 Å². The van der Waals surface area contributed by atoms with Crippen molar-refractivity contribution in [2.24, 2.45) is 4.99 Å². The van der Waals surface area contributed by atoms with Gasteiger partial charge >= 0.3 is 0 Å². The maximum atomic E-state index is 4.30. The van der Waals surface area contributed by atoms with E-state index in [1.165, 1.54) is 16.8 Å². The summed E-state index contributed by atoms with van der Waals surface area (Å²) in [6.45, 7) is 2.26. The summed E-state index contributed by atoms with van der Waals surface area (Å²) in [5, 5.41) is 0. The summed E-state index contributed by atoms with van der Waals surface area (Å²) in [5.74, 6) is 0.653. The zero-order valence-corrected chi connectivity index (χ0v) is 7.54. The SMILES string of the molecule is CN=C1CC(C)c2ccccc21. The van der Waals surface area contributed by atoms with Crippen LogP contribution in [0.5, 0.6) is 0 Å². The lowest BCUT2D eigenvalue weighted by atomic mass is 10.0. The van der Waals surface area contributed by atoms with Gasteiger partial charge in [-0.15, -0.1) is 0 Å². The predicted octanol–water partition coefficient (Wildman–Crippen LogP) is 2.61. The van der Waals surface area contributed by atoms with Crippen LogP contribution in [0.25, 0.3) is 0 Å². The lowest BCUT2D eigenvalue weighted by Gasteiger charge is -2.00. The third-order valence-electron chi connectivity index (χ3n) is 2.57. The highest BCUT2D eigenvalue weighted by molar-refractivity contribution is 6.05. The van der Waals surface area contributed by atoms with Crippen molar-refractivity contribution in [3.8, 4) is 0 Å². The summed E-state index contributed by atoms with van der Waals surface area (Å²) in [7, 11) is 1.88. The molecule has 0 heterocycles.